The molecule has 0 spiro atoms. The molecule has 0 radical (unpaired) electrons. The van der Waals surface area contributed by atoms with Gasteiger partial charge in [-0.3, -0.25) is 4.90 Å². The van der Waals surface area contributed by atoms with Crippen LogP contribution < -0.4 is 5.32 Å². The number of piperazine rings is 1. The maximum atomic E-state index is 5.66. The van der Waals surface area contributed by atoms with E-state index < -0.39 is 0 Å². The summed E-state index contributed by atoms with van der Waals surface area (Å²) in [6.45, 7) is 16.2. The van der Waals surface area contributed by atoms with Crippen molar-refractivity contribution in [3.63, 3.8) is 0 Å². The Kier molecular flexibility index (Phi) is 5.22. The van der Waals surface area contributed by atoms with Gasteiger partial charge in [-0.15, -0.1) is 0 Å². The topological polar surface area (TPSA) is 24.5 Å². The minimum atomic E-state index is 0.258. The molecule has 0 aliphatic carbocycles. The quantitative estimate of drug-likeness (QED) is 0.725. The Morgan fingerprint density at radius 2 is 2.12 bits per heavy atom. The molecule has 96 valence electrons. The predicted octanol–water partition coefficient (Wildman–Crippen LogP) is 1.73. The van der Waals surface area contributed by atoms with Gasteiger partial charge in [0.15, 0.2) is 0 Å². The molecule has 1 saturated heterocycles. The van der Waals surface area contributed by atoms with Gasteiger partial charge in [0.2, 0.25) is 0 Å². The molecular weight excluding hydrogens is 200 g/mol. The van der Waals surface area contributed by atoms with Gasteiger partial charge in [-0.25, -0.2) is 0 Å². The molecule has 0 bridgehead atoms. The van der Waals surface area contributed by atoms with Gasteiger partial charge in [0.25, 0.3) is 0 Å². The average Bonchev–Trinajstić information content (AvgIpc) is 2.18. The van der Waals surface area contributed by atoms with Gasteiger partial charge in [-0.2, -0.15) is 0 Å². The maximum absolute atomic E-state index is 5.66. The molecule has 1 aliphatic rings. The summed E-state index contributed by atoms with van der Waals surface area (Å²) in [4.78, 5) is 2.54. The highest BCUT2D eigenvalue weighted by molar-refractivity contribution is 4.91. The molecule has 0 saturated carbocycles. The van der Waals surface area contributed by atoms with Crippen LogP contribution in [-0.2, 0) is 4.74 Å². The van der Waals surface area contributed by atoms with E-state index in [1.54, 1.807) is 0 Å². The molecule has 1 N–H and O–H groups in total. The molecule has 0 aromatic rings. The molecule has 16 heavy (non-hydrogen) atoms. The molecule has 0 amide bonds. The first-order chi connectivity index (χ1) is 7.42. The van der Waals surface area contributed by atoms with E-state index >= 15 is 0 Å². The van der Waals surface area contributed by atoms with Crippen molar-refractivity contribution in [2.24, 2.45) is 5.92 Å². The number of hydrogen-bond acceptors (Lipinski definition) is 3. The van der Waals surface area contributed by atoms with Crippen LogP contribution in [0.15, 0.2) is 0 Å². The number of rotatable bonds is 5. The van der Waals surface area contributed by atoms with E-state index in [2.05, 4.69) is 44.8 Å². The summed E-state index contributed by atoms with van der Waals surface area (Å²) < 4.78 is 5.66. The Morgan fingerprint density at radius 3 is 2.75 bits per heavy atom. The number of hydrogen-bond donors (Lipinski definition) is 1. The Balaban J connectivity index is 2.27. The van der Waals surface area contributed by atoms with Gasteiger partial charge in [0.05, 0.1) is 6.61 Å². The summed E-state index contributed by atoms with van der Waals surface area (Å²) in [6, 6.07) is 0.595. The van der Waals surface area contributed by atoms with Crippen LogP contribution in [0.2, 0.25) is 0 Å². The van der Waals surface area contributed by atoms with Crippen molar-refractivity contribution in [1.82, 2.24) is 10.2 Å². The lowest BCUT2D eigenvalue weighted by Gasteiger charge is -2.45. The minimum absolute atomic E-state index is 0.258. The molecule has 1 fully saturated rings. The summed E-state index contributed by atoms with van der Waals surface area (Å²) in [5, 5.41) is 3.53. The van der Waals surface area contributed by atoms with Gasteiger partial charge in [0.1, 0.15) is 0 Å². The third kappa shape index (κ3) is 4.40. The van der Waals surface area contributed by atoms with Gasteiger partial charge in [-0.1, -0.05) is 13.8 Å². The Morgan fingerprint density at radius 1 is 1.44 bits per heavy atom. The molecule has 1 heterocycles. The molecular formula is C13H28N2O. The van der Waals surface area contributed by atoms with Crippen molar-refractivity contribution >= 4 is 0 Å². The molecule has 0 aromatic carbocycles. The van der Waals surface area contributed by atoms with Crippen LogP contribution in [0.5, 0.6) is 0 Å². The zero-order valence-corrected chi connectivity index (χ0v) is 11.5. The SMILES string of the molecule is CC(C)COCCN1CC(C)NCC1(C)C. The number of nitrogens with zero attached hydrogens (tertiary/aromatic N) is 1. The average molecular weight is 228 g/mol. The Labute approximate surface area is 101 Å². The van der Waals surface area contributed by atoms with Crippen LogP contribution in [0.4, 0.5) is 0 Å². The van der Waals surface area contributed by atoms with Crippen molar-refractivity contribution in [1.29, 1.82) is 0 Å². The van der Waals surface area contributed by atoms with Crippen LogP contribution in [0.1, 0.15) is 34.6 Å². The highest BCUT2D eigenvalue weighted by atomic mass is 16.5. The predicted molar refractivity (Wildman–Crippen MR) is 68.8 cm³/mol. The highest BCUT2D eigenvalue weighted by Gasteiger charge is 2.31. The van der Waals surface area contributed by atoms with Crippen LogP contribution in [0.25, 0.3) is 0 Å². The van der Waals surface area contributed by atoms with Crippen LogP contribution in [0.3, 0.4) is 0 Å². The monoisotopic (exact) mass is 228 g/mol. The van der Waals surface area contributed by atoms with Crippen LogP contribution >= 0.6 is 0 Å². The smallest absolute Gasteiger partial charge is 0.0593 e. The molecule has 1 rings (SSSR count). The van der Waals surface area contributed by atoms with Gasteiger partial charge < -0.3 is 10.1 Å². The maximum Gasteiger partial charge on any atom is 0.0593 e. The molecule has 1 unspecified atom stereocenters. The third-order valence-corrected chi connectivity index (χ3v) is 3.19. The summed E-state index contributed by atoms with van der Waals surface area (Å²) in [5.41, 5.74) is 0.258. The van der Waals surface area contributed by atoms with E-state index in [-0.39, 0.29) is 5.54 Å². The molecule has 3 heteroatoms. The molecule has 1 aliphatic heterocycles. The van der Waals surface area contributed by atoms with Crippen molar-refractivity contribution < 1.29 is 4.74 Å². The fraction of sp³-hybridized carbons (Fsp3) is 1.00. The normalized spacial score (nSPS) is 26.2. The lowest BCUT2D eigenvalue weighted by atomic mass is 9.98. The first kappa shape index (κ1) is 13.9. The standard InChI is InChI=1S/C13H28N2O/c1-11(2)9-16-7-6-15-8-12(3)14-10-13(15,4)5/h11-12,14H,6-10H2,1-5H3. The van der Waals surface area contributed by atoms with Crippen molar-refractivity contribution in [2.75, 3.05) is 32.8 Å². The summed E-state index contributed by atoms with van der Waals surface area (Å²) in [6.07, 6.45) is 0. The Bertz CT molecular complexity index is 204. The fourth-order valence-electron chi connectivity index (χ4n) is 2.07. The summed E-state index contributed by atoms with van der Waals surface area (Å²) >= 11 is 0. The number of ether oxygens (including phenoxy) is 1. The van der Waals surface area contributed by atoms with Gasteiger partial charge in [-0.05, 0) is 26.7 Å². The van der Waals surface area contributed by atoms with Gasteiger partial charge >= 0.3 is 0 Å². The highest BCUT2D eigenvalue weighted by Crippen LogP contribution is 2.17. The van der Waals surface area contributed by atoms with Crippen LogP contribution in [-0.4, -0.2) is 49.3 Å². The first-order valence-corrected chi connectivity index (χ1v) is 6.48. The third-order valence-electron chi connectivity index (χ3n) is 3.19. The van der Waals surface area contributed by atoms with Crippen molar-refractivity contribution in [3.05, 3.63) is 0 Å². The van der Waals surface area contributed by atoms with Crippen molar-refractivity contribution in [2.45, 2.75) is 46.2 Å². The zero-order valence-electron chi connectivity index (χ0n) is 11.5. The molecule has 3 nitrogen and oxygen atoms in total. The largest absolute Gasteiger partial charge is 0.380 e. The summed E-state index contributed by atoms with van der Waals surface area (Å²) in [7, 11) is 0. The second-order valence-electron chi connectivity index (χ2n) is 6.01. The second kappa shape index (κ2) is 5.99. The number of nitrogens with one attached hydrogen (secondary N) is 1. The summed E-state index contributed by atoms with van der Waals surface area (Å²) in [5.74, 6) is 0.634. The lowest BCUT2D eigenvalue weighted by molar-refractivity contribution is 0.0253. The minimum Gasteiger partial charge on any atom is -0.380 e. The van der Waals surface area contributed by atoms with Crippen LogP contribution in [0, 0.1) is 5.92 Å². The second-order valence-corrected chi connectivity index (χ2v) is 6.01. The Hall–Kier alpha value is -0.120. The van der Waals surface area contributed by atoms with E-state index in [0.29, 0.717) is 12.0 Å². The molecule has 0 aromatic heterocycles. The van der Waals surface area contributed by atoms with Crippen molar-refractivity contribution in [3.8, 4) is 0 Å². The zero-order chi connectivity index (χ0) is 12.2. The van der Waals surface area contributed by atoms with E-state index in [4.69, 9.17) is 4.74 Å². The van der Waals surface area contributed by atoms with E-state index in [0.717, 1.165) is 32.8 Å². The first-order valence-electron chi connectivity index (χ1n) is 6.48. The van der Waals surface area contributed by atoms with E-state index in [1.165, 1.54) is 0 Å². The fourth-order valence-corrected chi connectivity index (χ4v) is 2.07. The van der Waals surface area contributed by atoms with E-state index in [9.17, 15) is 0 Å². The lowest BCUT2D eigenvalue weighted by Crippen LogP contribution is -2.61. The van der Waals surface area contributed by atoms with Gasteiger partial charge in [0, 0.05) is 37.8 Å². The molecule has 1 atom stereocenters. The van der Waals surface area contributed by atoms with E-state index in [1.807, 2.05) is 0 Å².